The Hall–Kier alpha value is -0.823. The molecule has 14 heavy (non-hydrogen) atoms. The van der Waals surface area contributed by atoms with E-state index in [0.717, 1.165) is 5.54 Å². The number of fused-ring (bicyclic) bond motifs is 1. The first kappa shape index (κ1) is 9.72. The standard InChI is InChI=1S/C13H17Si/c1-3-14(4-2)13-10-9-11-7-5-6-8-12(11)13/h5-10,13H,3-4H2,1-2H3. The molecule has 1 atom stereocenters. The minimum Gasteiger partial charge on any atom is -0.0794 e. The molecule has 0 heterocycles. The highest BCUT2D eigenvalue weighted by Crippen LogP contribution is 2.33. The molecule has 0 aromatic heterocycles. The summed E-state index contributed by atoms with van der Waals surface area (Å²) in [6.45, 7) is 4.68. The fourth-order valence-electron chi connectivity index (χ4n) is 2.30. The van der Waals surface area contributed by atoms with Crippen LogP contribution in [-0.4, -0.2) is 8.80 Å². The molecule has 1 aliphatic rings. The van der Waals surface area contributed by atoms with Gasteiger partial charge in [0.2, 0.25) is 0 Å². The van der Waals surface area contributed by atoms with Crippen LogP contribution in [0.5, 0.6) is 0 Å². The van der Waals surface area contributed by atoms with Crippen LogP contribution in [0.4, 0.5) is 0 Å². The lowest BCUT2D eigenvalue weighted by molar-refractivity contribution is 1.13. The second-order valence-electron chi connectivity index (χ2n) is 3.83. The first-order valence-electron chi connectivity index (χ1n) is 5.48. The molecule has 0 aliphatic heterocycles. The molecule has 0 bridgehead atoms. The first-order chi connectivity index (χ1) is 6.86. The predicted molar refractivity (Wildman–Crippen MR) is 64.9 cm³/mol. The van der Waals surface area contributed by atoms with Gasteiger partial charge in [0, 0.05) is 0 Å². The molecule has 0 saturated carbocycles. The van der Waals surface area contributed by atoms with Crippen LogP contribution in [-0.2, 0) is 0 Å². The van der Waals surface area contributed by atoms with Gasteiger partial charge in [0.15, 0.2) is 0 Å². The Balaban J connectivity index is 2.29. The molecule has 1 radical (unpaired) electrons. The fourth-order valence-corrected chi connectivity index (χ4v) is 4.75. The molecule has 0 N–H and O–H groups in total. The Kier molecular flexibility index (Phi) is 2.87. The van der Waals surface area contributed by atoms with Crippen LogP contribution in [0, 0.1) is 0 Å². The molecule has 1 aliphatic carbocycles. The molecule has 0 spiro atoms. The smallest absolute Gasteiger partial charge is 0.0607 e. The average Bonchev–Trinajstić information content (AvgIpc) is 2.65. The van der Waals surface area contributed by atoms with Crippen LogP contribution in [0.1, 0.15) is 30.5 Å². The average molecular weight is 201 g/mol. The van der Waals surface area contributed by atoms with E-state index < -0.39 is 0 Å². The maximum absolute atomic E-state index is 2.42. The van der Waals surface area contributed by atoms with Crippen molar-refractivity contribution in [3.63, 3.8) is 0 Å². The maximum atomic E-state index is 2.42. The molecule has 1 unspecified atom stereocenters. The van der Waals surface area contributed by atoms with Crippen LogP contribution < -0.4 is 0 Å². The summed E-state index contributed by atoms with van der Waals surface area (Å²) in [5, 5.41) is 0. The van der Waals surface area contributed by atoms with Crippen molar-refractivity contribution in [3.05, 3.63) is 41.5 Å². The molecular formula is C13H17Si. The summed E-state index contributed by atoms with van der Waals surface area (Å²) in [5.74, 6) is 0. The molecule has 0 amide bonds. The van der Waals surface area contributed by atoms with Crippen molar-refractivity contribution in [1.29, 1.82) is 0 Å². The van der Waals surface area contributed by atoms with Crippen molar-refractivity contribution in [2.24, 2.45) is 0 Å². The van der Waals surface area contributed by atoms with Crippen molar-refractivity contribution in [2.75, 3.05) is 0 Å². The van der Waals surface area contributed by atoms with E-state index in [-0.39, 0.29) is 8.80 Å². The summed E-state index contributed by atoms with van der Waals surface area (Å²) >= 11 is 0. The molecule has 1 aromatic rings. The zero-order chi connectivity index (χ0) is 9.97. The topological polar surface area (TPSA) is 0 Å². The molecule has 1 heteroatoms. The van der Waals surface area contributed by atoms with E-state index >= 15 is 0 Å². The van der Waals surface area contributed by atoms with Gasteiger partial charge in [0.05, 0.1) is 8.80 Å². The van der Waals surface area contributed by atoms with Crippen molar-refractivity contribution in [3.8, 4) is 0 Å². The fraction of sp³-hybridized carbons (Fsp3) is 0.385. The Labute approximate surface area is 88.3 Å². The lowest BCUT2D eigenvalue weighted by Gasteiger charge is -2.18. The third-order valence-electron chi connectivity index (χ3n) is 3.15. The maximum Gasteiger partial charge on any atom is 0.0607 e. The normalized spacial score (nSPS) is 18.9. The van der Waals surface area contributed by atoms with Gasteiger partial charge in [0.25, 0.3) is 0 Å². The quantitative estimate of drug-likeness (QED) is 0.651. The van der Waals surface area contributed by atoms with Crippen LogP contribution >= 0.6 is 0 Å². The zero-order valence-corrected chi connectivity index (χ0v) is 9.96. The van der Waals surface area contributed by atoms with Crippen LogP contribution in [0.3, 0.4) is 0 Å². The van der Waals surface area contributed by atoms with Crippen molar-refractivity contribution >= 4 is 14.9 Å². The SMILES string of the molecule is CC[Si](CC)C1C=Cc2ccccc21. The number of rotatable bonds is 3. The van der Waals surface area contributed by atoms with Gasteiger partial charge in [-0.1, -0.05) is 62.4 Å². The van der Waals surface area contributed by atoms with Crippen molar-refractivity contribution in [1.82, 2.24) is 0 Å². The number of allylic oxidation sites excluding steroid dienone is 1. The molecule has 73 valence electrons. The Morgan fingerprint density at radius 1 is 1.14 bits per heavy atom. The molecule has 2 rings (SSSR count). The highest BCUT2D eigenvalue weighted by molar-refractivity contribution is 6.61. The van der Waals surface area contributed by atoms with E-state index in [1.807, 2.05) is 0 Å². The second-order valence-corrected chi connectivity index (χ2v) is 7.18. The van der Waals surface area contributed by atoms with Gasteiger partial charge in [-0.25, -0.2) is 0 Å². The summed E-state index contributed by atoms with van der Waals surface area (Å²) in [7, 11) is -0.200. The molecule has 1 aromatic carbocycles. The molecule has 0 nitrogen and oxygen atoms in total. The Bertz CT molecular complexity index is 337. The minimum absolute atomic E-state index is 0.200. The second kappa shape index (κ2) is 4.14. The van der Waals surface area contributed by atoms with Gasteiger partial charge in [-0.15, -0.1) is 0 Å². The van der Waals surface area contributed by atoms with Gasteiger partial charge in [0.1, 0.15) is 0 Å². The largest absolute Gasteiger partial charge is 0.0794 e. The van der Waals surface area contributed by atoms with Crippen molar-refractivity contribution < 1.29 is 0 Å². The summed E-state index contributed by atoms with van der Waals surface area (Å²) in [6.07, 6.45) is 4.72. The van der Waals surface area contributed by atoms with Gasteiger partial charge in [-0.3, -0.25) is 0 Å². The number of hydrogen-bond donors (Lipinski definition) is 0. The van der Waals surface area contributed by atoms with Crippen LogP contribution in [0.25, 0.3) is 6.08 Å². The Morgan fingerprint density at radius 2 is 1.86 bits per heavy atom. The van der Waals surface area contributed by atoms with Crippen molar-refractivity contribution in [2.45, 2.75) is 31.5 Å². The number of hydrogen-bond acceptors (Lipinski definition) is 0. The van der Waals surface area contributed by atoms with E-state index in [1.165, 1.54) is 17.7 Å². The van der Waals surface area contributed by atoms with Gasteiger partial charge in [-0.2, -0.15) is 0 Å². The highest BCUT2D eigenvalue weighted by atomic mass is 28.3. The molecule has 0 fully saturated rings. The summed E-state index contributed by atoms with van der Waals surface area (Å²) in [6, 6.07) is 11.6. The lowest BCUT2D eigenvalue weighted by Crippen LogP contribution is -2.18. The molecular weight excluding hydrogens is 184 g/mol. The van der Waals surface area contributed by atoms with Gasteiger partial charge < -0.3 is 0 Å². The third kappa shape index (κ3) is 1.57. The summed E-state index contributed by atoms with van der Waals surface area (Å²) in [5.41, 5.74) is 3.79. The van der Waals surface area contributed by atoms with E-state index in [1.54, 1.807) is 5.56 Å². The third-order valence-corrected chi connectivity index (χ3v) is 6.35. The molecule has 0 saturated heterocycles. The minimum atomic E-state index is -0.200. The van der Waals surface area contributed by atoms with E-state index in [9.17, 15) is 0 Å². The van der Waals surface area contributed by atoms with Gasteiger partial charge in [-0.05, 0) is 16.7 Å². The number of benzene rings is 1. The van der Waals surface area contributed by atoms with E-state index in [4.69, 9.17) is 0 Å². The van der Waals surface area contributed by atoms with E-state index in [2.05, 4.69) is 50.3 Å². The Morgan fingerprint density at radius 3 is 2.57 bits per heavy atom. The summed E-state index contributed by atoms with van der Waals surface area (Å²) in [4.78, 5) is 0. The van der Waals surface area contributed by atoms with E-state index in [0.29, 0.717) is 0 Å². The van der Waals surface area contributed by atoms with Crippen LogP contribution in [0.2, 0.25) is 12.1 Å². The van der Waals surface area contributed by atoms with Gasteiger partial charge >= 0.3 is 0 Å². The lowest BCUT2D eigenvalue weighted by atomic mass is 10.1. The summed E-state index contributed by atoms with van der Waals surface area (Å²) < 4.78 is 0. The first-order valence-corrected chi connectivity index (χ1v) is 7.47. The predicted octanol–water partition coefficient (Wildman–Crippen LogP) is 3.87. The monoisotopic (exact) mass is 201 g/mol. The highest BCUT2D eigenvalue weighted by Gasteiger charge is 2.24. The zero-order valence-electron chi connectivity index (χ0n) is 8.96. The van der Waals surface area contributed by atoms with Crippen LogP contribution in [0.15, 0.2) is 30.3 Å².